The number of hydrogen-bond donors (Lipinski definition) is 1. The lowest BCUT2D eigenvalue weighted by Crippen LogP contribution is -2.22. The third-order valence-corrected chi connectivity index (χ3v) is 5.46. The fourth-order valence-electron chi connectivity index (χ4n) is 3.91. The number of ether oxygens (including phenoxy) is 1. The van der Waals surface area contributed by atoms with Gasteiger partial charge in [-0.25, -0.2) is 0 Å². The molecule has 1 fully saturated rings. The van der Waals surface area contributed by atoms with Crippen molar-refractivity contribution < 1.29 is 4.74 Å². The van der Waals surface area contributed by atoms with Crippen molar-refractivity contribution in [3.8, 4) is 5.75 Å². The topological polar surface area (TPSA) is 43.3 Å². The van der Waals surface area contributed by atoms with Crippen molar-refractivity contribution in [2.24, 2.45) is 0 Å². The van der Waals surface area contributed by atoms with Crippen molar-refractivity contribution in [1.29, 1.82) is 0 Å². The molecule has 27 heavy (non-hydrogen) atoms. The van der Waals surface area contributed by atoms with Gasteiger partial charge in [-0.2, -0.15) is 0 Å². The zero-order valence-corrected chi connectivity index (χ0v) is 15.8. The van der Waals surface area contributed by atoms with Crippen LogP contribution in [0.25, 0.3) is 10.8 Å². The molecule has 1 heterocycles. The second-order valence-electron chi connectivity index (χ2n) is 7.38. The van der Waals surface area contributed by atoms with Gasteiger partial charge < -0.3 is 14.6 Å². The molecule has 0 atom stereocenters. The van der Waals surface area contributed by atoms with Gasteiger partial charge in [0.1, 0.15) is 5.75 Å². The Kier molecular flexibility index (Phi) is 5.14. The molecule has 4 rings (SSSR count). The Labute approximate surface area is 159 Å². The van der Waals surface area contributed by atoms with E-state index in [9.17, 15) is 4.79 Å². The third kappa shape index (κ3) is 4.00. The van der Waals surface area contributed by atoms with Gasteiger partial charge in [-0.05, 0) is 60.2 Å². The summed E-state index contributed by atoms with van der Waals surface area (Å²) in [4.78, 5) is 12.9. The maximum Gasteiger partial charge on any atom is 0.258 e. The highest BCUT2D eigenvalue weighted by molar-refractivity contribution is 5.84. The van der Waals surface area contributed by atoms with Crippen LogP contribution >= 0.6 is 0 Å². The molecule has 1 saturated carbocycles. The predicted molar refractivity (Wildman–Crippen MR) is 111 cm³/mol. The molecule has 0 bridgehead atoms. The summed E-state index contributed by atoms with van der Waals surface area (Å²) in [5, 5.41) is 5.39. The number of pyridine rings is 1. The molecule has 140 valence electrons. The number of nitrogens with zero attached hydrogens (tertiary/aromatic N) is 1. The molecule has 2 aromatic carbocycles. The SMILES string of the molecule is COc1ccc(Cn2ccc3cc(NC4CCCCC4)ccc3c2=O)cc1. The smallest absolute Gasteiger partial charge is 0.258 e. The molecular weight excluding hydrogens is 336 g/mol. The van der Waals surface area contributed by atoms with E-state index in [0.717, 1.165) is 27.8 Å². The van der Waals surface area contributed by atoms with E-state index in [0.29, 0.717) is 12.6 Å². The number of aromatic nitrogens is 1. The Hall–Kier alpha value is -2.75. The third-order valence-electron chi connectivity index (χ3n) is 5.46. The largest absolute Gasteiger partial charge is 0.497 e. The zero-order valence-electron chi connectivity index (χ0n) is 15.8. The van der Waals surface area contributed by atoms with E-state index in [4.69, 9.17) is 4.74 Å². The van der Waals surface area contributed by atoms with Crippen LogP contribution in [0.4, 0.5) is 5.69 Å². The first-order valence-corrected chi connectivity index (χ1v) is 9.75. The van der Waals surface area contributed by atoms with E-state index in [-0.39, 0.29) is 5.56 Å². The molecular formula is C23H26N2O2. The minimum atomic E-state index is 0.0486. The standard InChI is InChI=1S/C23H26N2O2/c1-27-21-10-7-17(8-11-21)16-25-14-13-18-15-20(9-12-22(18)23(25)26)24-19-5-3-2-4-6-19/h7-15,19,24H,2-6,16H2,1H3. The first-order chi connectivity index (χ1) is 13.2. The molecule has 3 aromatic rings. The van der Waals surface area contributed by atoms with Crippen LogP contribution in [0.5, 0.6) is 5.75 Å². The van der Waals surface area contributed by atoms with Crippen molar-refractivity contribution in [1.82, 2.24) is 4.57 Å². The van der Waals surface area contributed by atoms with E-state index < -0.39 is 0 Å². The Bertz CT molecular complexity index is 970. The second-order valence-corrected chi connectivity index (χ2v) is 7.38. The highest BCUT2D eigenvalue weighted by atomic mass is 16.5. The van der Waals surface area contributed by atoms with E-state index >= 15 is 0 Å². The van der Waals surface area contributed by atoms with Crippen molar-refractivity contribution in [3.63, 3.8) is 0 Å². The minimum absolute atomic E-state index is 0.0486. The van der Waals surface area contributed by atoms with Crippen molar-refractivity contribution in [3.05, 3.63) is 70.6 Å². The monoisotopic (exact) mass is 362 g/mol. The van der Waals surface area contributed by atoms with Gasteiger partial charge >= 0.3 is 0 Å². The minimum Gasteiger partial charge on any atom is -0.497 e. The average Bonchev–Trinajstić information content (AvgIpc) is 2.71. The number of nitrogens with one attached hydrogen (secondary N) is 1. The summed E-state index contributed by atoms with van der Waals surface area (Å²) in [5.41, 5.74) is 2.24. The van der Waals surface area contributed by atoms with Gasteiger partial charge in [-0.1, -0.05) is 31.4 Å². The molecule has 0 radical (unpaired) electrons. The molecule has 0 spiro atoms. The zero-order chi connectivity index (χ0) is 18.6. The summed E-state index contributed by atoms with van der Waals surface area (Å²) in [6.45, 7) is 0.556. The van der Waals surface area contributed by atoms with E-state index in [1.165, 1.54) is 32.1 Å². The molecule has 0 saturated heterocycles. The van der Waals surface area contributed by atoms with E-state index in [1.54, 1.807) is 11.7 Å². The van der Waals surface area contributed by atoms with Crippen molar-refractivity contribution in [2.45, 2.75) is 44.7 Å². The van der Waals surface area contributed by atoms with Crippen molar-refractivity contribution >= 4 is 16.5 Å². The molecule has 4 nitrogen and oxygen atoms in total. The summed E-state index contributed by atoms with van der Waals surface area (Å²) in [6.07, 6.45) is 8.33. The molecule has 4 heteroatoms. The van der Waals surface area contributed by atoms with Crippen LogP contribution in [0.2, 0.25) is 0 Å². The molecule has 0 amide bonds. The second kappa shape index (κ2) is 7.87. The van der Waals surface area contributed by atoms with Crippen LogP contribution in [0.1, 0.15) is 37.7 Å². The van der Waals surface area contributed by atoms with Crippen LogP contribution < -0.4 is 15.6 Å². The molecule has 0 unspecified atom stereocenters. The Balaban J connectivity index is 1.56. The number of anilines is 1. The molecule has 1 N–H and O–H groups in total. The van der Waals surface area contributed by atoms with Crippen LogP contribution in [0.3, 0.4) is 0 Å². The summed E-state index contributed by atoms with van der Waals surface area (Å²) in [7, 11) is 1.65. The van der Waals surface area contributed by atoms with Gasteiger partial charge in [-0.3, -0.25) is 4.79 Å². The van der Waals surface area contributed by atoms with E-state index in [2.05, 4.69) is 11.4 Å². The predicted octanol–water partition coefficient (Wildman–Crippen LogP) is 4.80. The highest BCUT2D eigenvalue weighted by Gasteiger charge is 2.13. The van der Waals surface area contributed by atoms with Gasteiger partial charge in [0, 0.05) is 23.3 Å². The quantitative estimate of drug-likeness (QED) is 0.709. The Morgan fingerprint density at radius 1 is 1.04 bits per heavy atom. The van der Waals surface area contributed by atoms with Gasteiger partial charge in [0.25, 0.3) is 5.56 Å². The maximum atomic E-state index is 12.9. The summed E-state index contributed by atoms with van der Waals surface area (Å²) in [5.74, 6) is 0.822. The summed E-state index contributed by atoms with van der Waals surface area (Å²) < 4.78 is 6.95. The lowest BCUT2D eigenvalue weighted by molar-refractivity contribution is 0.414. The maximum absolute atomic E-state index is 12.9. The normalized spacial score (nSPS) is 15.0. The molecule has 1 aliphatic rings. The van der Waals surface area contributed by atoms with Gasteiger partial charge in [0.05, 0.1) is 13.7 Å². The number of benzene rings is 2. The van der Waals surface area contributed by atoms with Crippen LogP contribution in [-0.2, 0) is 6.54 Å². The average molecular weight is 362 g/mol. The number of methoxy groups -OCH3 is 1. The lowest BCUT2D eigenvalue weighted by atomic mass is 9.95. The van der Waals surface area contributed by atoms with Crippen molar-refractivity contribution in [2.75, 3.05) is 12.4 Å². The number of fused-ring (bicyclic) bond motifs is 1. The highest BCUT2D eigenvalue weighted by Crippen LogP contribution is 2.23. The first kappa shape index (κ1) is 17.7. The molecule has 1 aromatic heterocycles. The number of rotatable bonds is 5. The first-order valence-electron chi connectivity index (χ1n) is 9.75. The van der Waals surface area contributed by atoms with Gasteiger partial charge in [0.2, 0.25) is 0 Å². The lowest BCUT2D eigenvalue weighted by Gasteiger charge is -2.24. The summed E-state index contributed by atoms with van der Waals surface area (Å²) in [6, 6.07) is 16.5. The fourth-order valence-corrected chi connectivity index (χ4v) is 3.91. The Morgan fingerprint density at radius 3 is 2.56 bits per heavy atom. The van der Waals surface area contributed by atoms with Crippen LogP contribution in [0.15, 0.2) is 59.5 Å². The fraction of sp³-hybridized carbons (Fsp3) is 0.348. The number of hydrogen-bond acceptors (Lipinski definition) is 3. The molecule has 0 aliphatic heterocycles. The molecule has 1 aliphatic carbocycles. The van der Waals surface area contributed by atoms with Crippen LogP contribution in [-0.4, -0.2) is 17.7 Å². The summed E-state index contributed by atoms with van der Waals surface area (Å²) >= 11 is 0. The Morgan fingerprint density at radius 2 is 1.81 bits per heavy atom. The van der Waals surface area contributed by atoms with Gasteiger partial charge in [0.15, 0.2) is 0 Å². The van der Waals surface area contributed by atoms with Gasteiger partial charge in [-0.15, -0.1) is 0 Å². The van der Waals surface area contributed by atoms with Crippen LogP contribution in [0, 0.1) is 0 Å². The van der Waals surface area contributed by atoms with E-state index in [1.807, 2.05) is 48.7 Å².